The smallest absolute Gasteiger partial charge is 0.309 e. The zero-order chi connectivity index (χ0) is 13.1. The van der Waals surface area contributed by atoms with Gasteiger partial charge in [0.15, 0.2) is 0 Å². The Hall–Kier alpha value is -0.793. The summed E-state index contributed by atoms with van der Waals surface area (Å²) in [6.07, 6.45) is 5.31. The molecule has 0 spiro atoms. The van der Waals surface area contributed by atoms with Crippen molar-refractivity contribution in [2.45, 2.75) is 57.6 Å². The summed E-state index contributed by atoms with van der Waals surface area (Å²) in [4.78, 5) is 12.0. The lowest BCUT2D eigenvalue weighted by atomic mass is 10.2. The van der Waals surface area contributed by atoms with Gasteiger partial charge in [0, 0.05) is 0 Å². The first-order valence-electron chi connectivity index (χ1n) is 5.43. The molecule has 0 saturated heterocycles. The number of carbonyl (C=O) groups excluding carboxylic acids is 1. The van der Waals surface area contributed by atoms with E-state index in [-0.39, 0.29) is 11.5 Å². The van der Waals surface area contributed by atoms with Gasteiger partial charge >= 0.3 is 5.97 Å². The van der Waals surface area contributed by atoms with Crippen LogP contribution in [0.3, 0.4) is 0 Å². The van der Waals surface area contributed by atoms with Crippen molar-refractivity contribution in [3.8, 4) is 12.3 Å². The molecular formula is C12H23NO2Si. The molecule has 0 aromatic carbocycles. The number of hydrogen-bond acceptors (Lipinski definition) is 3. The maximum absolute atomic E-state index is 12.0. The highest BCUT2D eigenvalue weighted by Crippen LogP contribution is 2.27. The molecule has 4 heteroatoms. The number of hydrogen-bond donors (Lipinski definition) is 1. The van der Waals surface area contributed by atoms with E-state index in [0.29, 0.717) is 0 Å². The van der Waals surface area contributed by atoms with Crippen molar-refractivity contribution >= 4 is 14.0 Å². The molecule has 92 valence electrons. The van der Waals surface area contributed by atoms with Crippen LogP contribution < -0.4 is 5.73 Å². The van der Waals surface area contributed by atoms with E-state index < -0.39 is 19.7 Å². The lowest BCUT2D eigenvalue weighted by Gasteiger charge is -2.32. The van der Waals surface area contributed by atoms with Crippen molar-refractivity contribution in [2.24, 2.45) is 5.73 Å². The maximum Gasteiger partial charge on any atom is 0.309 e. The summed E-state index contributed by atoms with van der Waals surface area (Å²) in [7, 11) is -1.78. The molecule has 0 heterocycles. The van der Waals surface area contributed by atoms with Crippen LogP contribution in [0.1, 0.15) is 20.8 Å². The van der Waals surface area contributed by atoms with Gasteiger partial charge in [-0.2, -0.15) is 0 Å². The first-order valence-corrected chi connectivity index (χ1v) is 9.01. The van der Waals surface area contributed by atoms with Crippen molar-refractivity contribution in [1.82, 2.24) is 0 Å². The molecule has 0 aliphatic carbocycles. The topological polar surface area (TPSA) is 52.3 Å². The summed E-state index contributed by atoms with van der Waals surface area (Å²) >= 11 is 0. The molecule has 0 aliphatic heterocycles. The molecule has 0 rings (SSSR count). The number of nitrogens with two attached hydrogens (primary N) is 1. The lowest BCUT2D eigenvalue weighted by Crippen LogP contribution is -2.46. The predicted molar refractivity (Wildman–Crippen MR) is 69.7 cm³/mol. The van der Waals surface area contributed by atoms with Gasteiger partial charge in [0.2, 0.25) is 0 Å². The van der Waals surface area contributed by atoms with Gasteiger partial charge in [0.1, 0.15) is 5.60 Å². The average Bonchev–Trinajstić information content (AvgIpc) is 1.97. The molecule has 0 aromatic rings. The normalized spacial score (nSPS) is 16.1. The highest BCUT2D eigenvalue weighted by atomic mass is 28.3. The summed E-state index contributed by atoms with van der Waals surface area (Å²) in [5.41, 5.74) is 4.97. The van der Waals surface area contributed by atoms with Crippen LogP contribution in [0.25, 0.3) is 0 Å². The standard InChI is InChI=1S/C12H23NO2Si/c1-8-9(13)10(16(5,6)7)11(14)15-12(2,3)4/h1,9-10H,13H2,2-7H3/t9?,10-/m0/s1. The first kappa shape index (κ1) is 15.2. The Morgan fingerprint density at radius 1 is 1.38 bits per heavy atom. The van der Waals surface area contributed by atoms with E-state index >= 15 is 0 Å². The number of esters is 1. The van der Waals surface area contributed by atoms with Gasteiger partial charge in [0.05, 0.1) is 19.7 Å². The molecule has 3 nitrogen and oxygen atoms in total. The van der Waals surface area contributed by atoms with Crippen molar-refractivity contribution in [3.05, 3.63) is 0 Å². The molecule has 16 heavy (non-hydrogen) atoms. The molecule has 0 amide bonds. The molecule has 0 saturated carbocycles. The summed E-state index contributed by atoms with van der Waals surface area (Å²) in [6, 6.07) is -0.554. The second kappa shape index (κ2) is 5.02. The number of ether oxygens (including phenoxy) is 1. The van der Waals surface area contributed by atoms with Crippen LogP contribution in [0.4, 0.5) is 0 Å². The molecular weight excluding hydrogens is 218 g/mol. The van der Waals surface area contributed by atoms with Gasteiger partial charge in [-0.3, -0.25) is 4.79 Å². The summed E-state index contributed by atoms with van der Waals surface area (Å²) in [5.74, 6) is 2.18. The van der Waals surface area contributed by atoms with Crippen LogP contribution in [-0.2, 0) is 9.53 Å². The fourth-order valence-electron chi connectivity index (χ4n) is 1.50. The van der Waals surface area contributed by atoms with E-state index in [1.54, 1.807) is 0 Å². The van der Waals surface area contributed by atoms with Gasteiger partial charge in [-0.1, -0.05) is 25.6 Å². The van der Waals surface area contributed by atoms with Crippen molar-refractivity contribution < 1.29 is 9.53 Å². The van der Waals surface area contributed by atoms with E-state index in [1.165, 1.54) is 0 Å². The van der Waals surface area contributed by atoms with Gasteiger partial charge < -0.3 is 10.5 Å². The van der Waals surface area contributed by atoms with Crippen molar-refractivity contribution in [1.29, 1.82) is 0 Å². The van der Waals surface area contributed by atoms with Crippen LogP contribution in [0.2, 0.25) is 25.2 Å². The summed E-state index contributed by atoms with van der Waals surface area (Å²) < 4.78 is 5.37. The molecule has 0 fully saturated rings. The van der Waals surface area contributed by atoms with Crippen LogP contribution >= 0.6 is 0 Å². The van der Waals surface area contributed by atoms with Crippen LogP contribution in [0.5, 0.6) is 0 Å². The van der Waals surface area contributed by atoms with Crippen LogP contribution in [-0.4, -0.2) is 25.7 Å². The fourth-order valence-corrected chi connectivity index (χ4v) is 3.44. The third-order valence-electron chi connectivity index (χ3n) is 2.15. The second-order valence-electron chi connectivity index (χ2n) is 6.07. The van der Waals surface area contributed by atoms with Gasteiger partial charge in [-0.25, -0.2) is 0 Å². The van der Waals surface area contributed by atoms with Crippen molar-refractivity contribution in [3.63, 3.8) is 0 Å². The first-order chi connectivity index (χ1) is 6.99. The maximum atomic E-state index is 12.0. The molecule has 0 aliphatic rings. The van der Waals surface area contributed by atoms with E-state index in [1.807, 2.05) is 20.8 Å². The number of rotatable bonds is 3. The molecule has 1 unspecified atom stereocenters. The Balaban J connectivity index is 4.95. The van der Waals surface area contributed by atoms with Gasteiger partial charge in [0.25, 0.3) is 0 Å². The van der Waals surface area contributed by atoms with Gasteiger partial charge in [-0.15, -0.1) is 6.42 Å². The average molecular weight is 241 g/mol. The highest BCUT2D eigenvalue weighted by molar-refractivity contribution is 6.80. The lowest BCUT2D eigenvalue weighted by molar-refractivity contribution is -0.155. The zero-order valence-electron chi connectivity index (χ0n) is 11.1. The quantitative estimate of drug-likeness (QED) is 0.467. The Labute approximate surface area is 99.7 Å². The van der Waals surface area contributed by atoms with Crippen LogP contribution in [0.15, 0.2) is 0 Å². The zero-order valence-corrected chi connectivity index (χ0v) is 12.1. The molecule has 0 bridgehead atoms. The Bertz CT molecular complexity index is 294. The van der Waals surface area contributed by atoms with E-state index in [9.17, 15) is 4.79 Å². The van der Waals surface area contributed by atoms with E-state index in [0.717, 1.165) is 0 Å². The molecule has 2 N–H and O–H groups in total. The monoisotopic (exact) mass is 241 g/mol. The van der Waals surface area contributed by atoms with Crippen LogP contribution in [0, 0.1) is 12.3 Å². The van der Waals surface area contributed by atoms with E-state index in [2.05, 4.69) is 25.6 Å². The third kappa shape index (κ3) is 4.82. The minimum Gasteiger partial charge on any atom is -0.460 e. The number of terminal acetylenes is 1. The Morgan fingerprint density at radius 3 is 2.06 bits per heavy atom. The predicted octanol–water partition coefficient (Wildman–Crippen LogP) is 2.00. The minimum atomic E-state index is -1.78. The minimum absolute atomic E-state index is 0.267. The number of carbonyl (C=O) groups is 1. The fraction of sp³-hybridized carbons (Fsp3) is 0.750. The summed E-state index contributed by atoms with van der Waals surface area (Å²) in [6.45, 7) is 11.7. The molecule has 2 atom stereocenters. The molecule has 0 radical (unpaired) electrons. The Morgan fingerprint density at radius 2 is 1.81 bits per heavy atom. The SMILES string of the molecule is C#CC(N)[C@@H](C(=O)OC(C)(C)C)[Si](C)(C)C. The largest absolute Gasteiger partial charge is 0.460 e. The Kier molecular flexibility index (Phi) is 4.78. The highest BCUT2D eigenvalue weighted by Gasteiger charge is 2.39. The van der Waals surface area contributed by atoms with E-state index in [4.69, 9.17) is 16.9 Å². The van der Waals surface area contributed by atoms with Crippen molar-refractivity contribution in [2.75, 3.05) is 0 Å². The summed E-state index contributed by atoms with van der Waals surface area (Å²) in [5, 5.41) is 0. The second-order valence-corrected chi connectivity index (χ2v) is 11.4. The third-order valence-corrected chi connectivity index (χ3v) is 4.61. The van der Waals surface area contributed by atoms with Gasteiger partial charge in [-0.05, 0) is 20.8 Å². The molecule has 0 aromatic heterocycles.